The Kier molecular flexibility index (Phi) is 2.91. The summed E-state index contributed by atoms with van der Waals surface area (Å²) in [6.07, 6.45) is 1.96. The Morgan fingerprint density at radius 1 is 0.882 bits per heavy atom. The highest BCUT2D eigenvalue weighted by atomic mass is 32.3. The molecular formula is C9H15BO3S4. The minimum Gasteiger partial charge on any atom is -0.402 e. The molecule has 0 aromatic heterocycles. The number of thioether (sulfide) groups is 4. The number of hydrogen-bond acceptors (Lipinski definition) is 7. The molecule has 0 saturated carbocycles. The highest BCUT2D eigenvalue weighted by Crippen LogP contribution is 2.81. The van der Waals surface area contributed by atoms with Crippen LogP contribution in [0.2, 0.25) is 0 Å². The van der Waals surface area contributed by atoms with Gasteiger partial charge in [-0.05, 0) is 27.2 Å². The summed E-state index contributed by atoms with van der Waals surface area (Å²) in [4.78, 5) is 0. The van der Waals surface area contributed by atoms with Gasteiger partial charge in [0, 0.05) is 6.42 Å². The van der Waals surface area contributed by atoms with E-state index in [1.54, 1.807) is 23.5 Å². The first-order valence-corrected chi connectivity index (χ1v) is 8.77. The van der Waals surface area contributed by atoms with E-state index >= 15 is 0 Å². The first-order valence-electron chi connectivity index (χ1n) is 5.50. The standard InChI is InChI=1S/C9H15BO3S4/c1-6-4-7(2)15-8(3,14-6)5-9(16-6,17-7)13-10(11)12/h11-12H,4-5H2,1-3H3. The molecule has 4 bridgehead atoms. The monoisotopic (exact) mass is 310 g/mol. The van der Waals surface area contributed by atoms with E-state index < -0.39 is 11.6 Å². The predicted molar refractivity (Wildman–Crippen MR) is 78.8 cm³/mol. The highest BCUT2D eigenvalue weighted by Gasteiger charge is 2.68. The molecule has 4 fully saturated rings. The fourth-order valence-electron chi connectivity index (χ4n) is 3.17. The molecule has 0 aromatic rings. The largest absolute Gasteiger partial charge is 0.635 e. The Hall–Kier alpha value is 1.34. The summed E-state index contributed by atoms with van der Waals surface area (Å²) in [7, 11) is -1.68. The molecule has 17 heavy (non-hydrogen) atoms. The molecule has 4 saturated heterocycles. The van der Waals surface area contributed by atoms with Crippen LogP contribution in [0.4, 0.5) is 0 Å². The van der Waals surface area contributed by atoms with E-state index in [2.05, 4.69) is 20.8 Å². The molecule has 96 valence electrons. The van der Waals surface area contributed by atoms with Crippen molar-refractivity contribution in [2.24, 2.45) is 0 Å². The van der Waals surface area contributed by atoms with Crippen LogP contribution >= 0.6 is 47.0 Å². The van der Waals surface area contributed by atoms with Crippen molar-refractivity contribution in [3.8, 4) is 0 Å². The van der Waals surface area contributed by atoms with Crippen LogP contribution in [0, 0.1) is 0 Å². The molecule has 0 aromatic carbocycles. The maximum absolute atomic E-state index is 9.16. The van der Waals surface area contributed by atoms with E-state index in [1.165, 1.54) is 0 Å². The summed E-state index contributed by atoms with van der Waals surface area (Å²) in [5.74, 6) is 0. The molecule has 0 spiro atoms. The smallest absolute Gasteiger partial charge is 0.402 e. The Labute approximate surface area is 119 Å². The van der Waals surface area contributed by atoms with Crippen LogP contribution in [-0.2, 0) is 4.65 Å². The fraction of sp³-hybridized carbons (Fsp3) is 1.00. The van der Waals surface area contributed by atoms with Gasteiger partial charge in [-0.1, -0.05) is 23.5 Å². The van der Waals surface area contributed by atoms with Crippen molar-refractivity contribution in [3.05, 3.63) is 0 Å². The van der Waals surface area contributed by atoms with Crippen molar-refractivity contribution in [3.63, 3.8) is 0 Å². The fourth-order valence-corrected chi connectivity index (χ4v) is 15.4. The Balaban J connectivity index is 1.98. The summed E-state index contributed by atoms with van der Waals surface area (Å²) >= 11 is 7.52. The SMILES string of the molecule is CC12CC3(OB(O)O)SC(C)(CC(C)(S1)S3)S2. The van der Waals surface area contributed by atoms with Crippen LogP contribution in [0.5, 0.6) is 0 Å². The lowest BCUT2D eigenvalue weighted by molar-refractivity contribution is 0.138. The first-order chi connectivity index (χ1) is 7.66. The lowest BCUT2D eigenvalue weighted by Crippen LogP contribution is -2.59. The molecule has 4 aliphatic rings. The third-order valence-electron chi connectivity index (χ3n) is 3.07. The molecule has 4 heterocycles. The van der Waals surface area contributed by atoms with Gasteiger partial charge in [0.2, 0.25) is 0 Å². The average molecular weight is 310 g/mol. The molecule has 8 heteroatoms. The van der Waals surface area contributed by atoms with Gasteiger partial charge in [-0.2, -0.15) is 0 Å². The van der Waals surface area contributed by atoms with Gasteiger partial charge in [0.05, 0.1) is 12.2 Å². The molecule has 2 N–H and O–H groups in total. The van der Waals surface area contributed by atoms with Crippen LogP contribution < -0.4 is 0 Å². The molecular weight excluding hydrogens is 295 g/mol. The van der Waals surface area contributed by atoms with Crippen molar-refractivity contribution in [1.29, 1.82) is 0 Å². The van der Waals surface area contributed by atoms with Crippen LogP contribution in [0.15, 0.2) is 0 Å². The van der Waals surface area contributed by atoms with Gasteiger partial charge < -0.3 is 14.7 Å². The van der Waals surface area contributed by atoms with Crippen molar-refractivity contribution in [2.45, 2.75) is 50.1 Å². The van der Waals surface area contributed by atoms with Gasteiger partial charge in [0.1, 0.15) is 0 Å². The molecule has 0 amide bonds. The Morgan fingerprint density at radius 2 is 1.35 bits per heavy atom. The third kappa shape index (κ3) is 2.28. The summed E-state index contributed by atoms with van der Waals surface area (Å²) in [6, 6.07) is 0. The molecule has 0 radical (unpaired) electrons. The molecule has 0 aliphatic carbocycles. The minimum absolute atomic E-state index is 0.118. The lowest BCUT2D eigenvalue weighted by Gasteiger charge is -2.65. The van der Waals surface area contributed by atoms with Crippen LogP contribution in [0.25, 0.3) is 0 Å². The molecule has 2 atom stereocenters. The maximum atomic E-state index is 9.16. The maximum Gasteiger partial charge on any atom is 0.635 e. The van der Waals surface area contributed by atoms with Crippen molar-refractivity contribution < 1.29 is 14.7 Å². The second-order valence-corrected chi connectivity index (χ2v) is 13.9. The summed E-state index contributed by atoms with van der Waals surface area (Å²) in [6.45, 7) is 6.75. The van der Waals surface area contributed by atoms with E-state index in [0.29, 0.717) is 0 Å². The summed E-state index contributed by atoms with van der Waals surface area (Å²) in [5.41, 5.74) is 0. The second-order valence-electron chi connectivity index (χ2n) is 5.29. The van der Waals surface area contributed by atoms with Gasteiger partial charge in [-0.3, -0.25) is 0 Å². The minimum atomic E-state index is -1.68. The van der Waals surface area contributed by atoms with E-state index in [0.717, 1.165) is 12.8 Å². The van der Waals surface area contributed by atoms with Crippen LogP contribution in [0.3, 0.4) is 0 Å². The van der Waals surface area contributed by atoms with Crippen molar-refractivity contribution in [2.75, 3.05) is 0 Å². The van der Waals surface area contributed by atoms with Crippen LogP contribution in [0.1, 0.15) is 33.6 Å². The normalized spacial score (nSPS) is 56.3. The zero-order valence-electron chi connectivity index (χ0n) is 9.93. The summed E-state index contributed by atoms with van der Waals surface area (Å²) in [5, 5.41) is 18.3. The quantitative estimate of drug-likeness (QED) is 0.760. The molecule has 4 rings (SSSR count). The topological polar surface area (TPSA) is 49.7 Å². The number of rotatable bonds is 2. The second kappa shape index (κ2) is 3.71. The number of hydrogen-bond donors (Lipinski definition) is 2. The van der Waals surface area contributed by atoms with Crippen molar-refractivity contribution in [1.82, 2.24) is 0 Å². The first kappa shape index (κ1) is 13.3. The predicted octanol–water partition coefficient (Wildman–Crippen LogP) is 2.53. The van der Waals surface area contributed by atoms with Gasteiger partial charge in [0.15, 0.2) is 4.27 Å². The summed E-state index contributed by atoms with van der Waals surface area (Å²) < 4.78 is 5.31. The van der Waals surface area contributed by atoms with Crippen LogP contribution in [-0.4, -0.2) is 33.9 Å². The van der Waals surface area contributed by atoms with Gasteiger partial charge >= 0.3 is 7.32 Å². The average Bonchev–Trinajstić information content (AvgIpc) is 1.87. The van der Waals surface area contributed by atoms with Crippen molar-refractivity contribution >= 4 is 54.4 Å². The Morgan fingerprint density at radius 3 is 1.76 bits per heavy atom. The van der Waals surface area contributed by atoms with Gasteiger partial charge in [-0.15, -0.1) is 23.5 Å². The molecule has 4 aliphatic heterocycles. The zero-order valence-corrected chi connectivity index (χ0v) is 13.2. The zero-order chi connectivity index (χ0) is 12.5. The lowest BCUT2D eigenvalue weighted by atomic mass is 10.2. The van der Waals surface area contributed by atoms with E-state index in [4.69, 9.17) is 14.7 Å². The third-order valence-corrected chi connectivity index (χ3v) is 9.63. The molecule has 3 nitrogen and oxygen atoms in total. The Bertz CT molecular complexity index is 313. The van der Waals surface area contributed by atoms with Gasteiger partial charge in [-0.25, -0.2) is 0 Å². The van der Waals surface area contributed by atoms with E-state index in [9.17, 15) is 0 Å². The molecule has 2 unspecified atom stereocenters. The highest BCUT2D eigenvalue weighted by molar-refractivity contribution is 8.38. The van der Waals surface area contributed by atoms with E-state index in [1.807, 2.05) is 23.5 Å². The van der Waals surface area contributed by atoms with E-state index in [-0.39, 0.29) is 12.2 Å². The van der Waals surface area contributed by atoms with Gasteiger partial charge in [0.25, 0.3) is 0 Å².